The van der Waals surface area contributed by atoms with E-state index in [4.69, 9.17) is 0 Å². The molecule has 3 heteroatoms. The lowest BCUT2D eigenvalue weighted by Crippen LogP contribution is -2.20. The largest absolute Gasteiger partial charge is 0.402 e. The Morgan fingerprint density at radius 1 is 0.647 bits per heavy atom. The molecular formula is C14H30O2Si. The van der Waals surface area contributed by atoms with Gasteiger partial charge in [0.15, 0.2) is 0 Å². The van der Waals surface area contributed by atoms with E-state index in [0.717, 1.165) is 11.8 Å². The van der Waals surface area contributed by atoms with Crippen LogP contribution in [0.2, 0.25) is 0 Å². The molecule has 0 unspecified atom stereocenters. The summed E-state index contributed by atoms with van der Waals surface area (Å²) >= 11 is 0. The zero-order valence-electron chi connectivity index (χ0n) is 11.7. The molecule has 0 spiro atoms. The molecule has 0 saturated heterocycles. The second kappa shape index (κ2) is 10.1. The first kappa shape index (κ1) is 15.2. The van der Waals surface area contributed by atoms with Gasteiger partial charge in [-0.1, -0.05) is 64.2 Å². The summed E-state index contributed by atoms with van der Waals surface area (Å²) in [7, 11) is 2.73. The van der Waals surface area contributed by atoms with Gasteiger partial charge in [-0.25, -0.2) is 0 Å². The molecule has 0 bridgehead atoms. The van der Waals surface area contributed by atoms with Crippen LogP contribution in [0.5, 0.6) is 0 Å². The quantitative estimate of drug-likeness (QED) is 0.722. The van der Waals surface area contributed by atoms with Gasteiger partial charge < -0.3 is 8.85 Å². The molecule has 0 aromatic carbocycles. The van der Waals surface area contributed by atoms with Gasteiger partial charge in [-0.05, 0) is 11.8 Å². The second-order valence-electron chi connectivity index (χ2n) is 5.49. The van der Waals surface area contributed by atoms with Gasteiger partial charge in [-0.3, -0.25) is 0 Å². The highest BCUT2D eigenvalue weighted by atomic mass is 28.3. The lowest BCUT2D eigenvalue weighted by Gasteiger charge is -2.32. The van der Waals surface area contributed by atoms with E-state index < -0.39 is 10.0 Å². The van der Waals surface area contributed by atoms with Crippen molar-refractivity contribution in [1.29, 1.82) is 0 Å². The highest BCUT2D eigenvalue weighted by molar-refractivity contribution is 6.17. The first-order valence-electron chi connectivity index (χ1n) is 7.36. The Balaban J connectivity index is 0.000000249. The molecule has 2 aliphatic carbocycles. The lowest BCUT2D eigenvalue weighted by atomic mass is 9.73. The molecule has 2 aliphatic rings. The van der Waals surface area contributed by atoms with Crippen LogP contribution in [-0.2, 0) is 8.85 Å². The fourth-order valence-electron chi connectivity index (χ4n) is 3.33. The highest BCUT2D eigenvalue weighted by Gasteiger charge is 2.24. The molecule has 0 aromatic heterocycles. The third-order valence-corrected chi connectivity index (χ3v) is 4.67. The minimum Gasteiger partial charge on any atom is -0.402 e. The van der Waals surface area contributed by atoms with E-state index in [0.29, 0.717) is 0 Å². The average molecular weight is 258 g/mol. The van der Waals surface area contributed by atoms with Gasteiger partial charge in [0.1, 0.15) is 0 Å². The highest BCUT2D eigenvalue weighted by Crippen LogP contribution is 2.37. The summed E-state index contributed by atoms with van der Waals surface area (Å²) in [5.74, 6) is 2.28. The van der Waals surface area contributed by atoms with Gasteiger partial charge >= 0.3 is 10.0 Å². The summed E-state index contributed by atoms with van der Waals surface area (Å²) < 4.78 is 9.22. The van der Waals surface area contributed by atoms with Crippen molar-refractivity contribution >= 4 is 10.0 Å². The molecule has 0 radical (unpaired) electrons. The van der Waals surface area contributed by atoms with Crippen molar-refractivity contribution in [3.8, 4) is 0 Å². The summed E-state index contributed by atoms with van der Waals surface area (Å²) in [6.07, 6.45) is 15.4. The van der Waals surface area contributed by atoms with Crippen LogP contribution in [0.15, 0.2) is 0 Å². The fraction of sp³-hybridized carbons (Fsp3) is 1.00. The summed E-state index contributed by atoms with van der Waals surface area (Å²) in [4.78, 5) is 0. The third-order valence-electron chi connectivity index (χ3n) is 4.20. The van der Waals surface area contributed by atoms with Crippen LogP contribution in [-0.4, -0.2) is 24.2 Å². The van der Waals surface area contributed by atoms with E-state index in [9.17, 15) is 0 Å². The third kappa shape index (κ3) is 6.58. The normalized spacial score (nSPS) is 22.9. The summed E-state index contributed by atoms with van der Waals surface area (Å²) in [5, 5.41) is 0. The minimum absolute atomic E-state index is 0.568. The van der Waals surface area contributed by atoms with E-state index in [2.05, 4.69) is 8.85 Å². The van der Waals surface area contributed by atoms with Gasteiger partial charge in [0.25, 0.3) is 0 Å². The van der Waals surface area contributed by atoms with Crippen molar-refractivity contribution in [1.82, 2.24) is 0 Å². The topological polar surface area (TPSA) is 18.5 Å². The van der Waals surface area contributed by atoms with Gasteiger partial charge in [0, 0.05) is 14.2 Å². The van der Waals surface area contributed by atoms with Crippen LogP contribution < -0.4 is 0 Å². The van der Waals surface area contributed by atoms with E-state index in [1.54, 1.807) is 39.9 Å². The molecule has 0 atom stereocenters. The Labute approximate surface area is 110 Å². The summed E-state index contributed by atoms with van der Waals surface area (Å²) in [6, 6.07) is 0. The molecule has 102 valence electrons. The van der Waals surface area contributed by atoms with Gasteiger partial charge in [-0.2, -0.15) is 0 Å². The van der Waals surface area contributed by atoms with Gasteiger partial charge in [0.2, 0.25) is 0 Å². The zero-order valence-corrected chi connectivity index (χ0v) is 13.2. The monoisotopic (exact) mass is 258 g/mol. The summed E-state index contributed by atoms with van der Waals surface area (Å²) in [6.45, 7) is 0. The maximum atomic E-state index is 4.61. The molecule has 0 N–H and O–H groups in total. The minimum atomic E-state index is -0.568. The van der Waals surface area contributed by atoms with E-state index in [-0.39, 0.29) is 0 Å². The van der Waals surface area contributed by atoms with Crippen molar-refractivity contribution in [2.75, 3.05) is 14.2 Å². The number of rotatable bonds is 3. The predicted octanol–water partition coefficient (Wildman–Crippen LogP) is 3.43. The number of hydrogen-bond donors (Lipinski definition) is 0. The summed E-state index contributed by atoms with van der Waals surface area (Å²) in [5.41, 5.74) is 0. The molecular weight excluding hydrogens is 228 g/mol. The zero-order chi connectivity index (χ0) is 12.3. The maximum absolute atomic E-state index is 4.61. The molecule has 0 amide bonds. The Morgan fingerprint density at radius 3 is 1.24 bits per heavy atom. The van der Waals surface area contributed by atoms with Crippen LogP contribution in [0.3, 0.4) is 0 Å². The lowest BCUT2D eigenvalue weighted by molar-refractivity contribution is 0.196. The SMILES string of the molecule is C1CCC(C2CCCCC2)CC1.CO[SiH2]OC. The van der Waals surface area contributed by atoms with E-state index in [1.165, 1.54) is 38.5 Å². The molecule has 0 aromatic rings. The Bertz CT molecular complexity index is 146. The van der Waals surface area contributed by atoms with Crippen molar-refractivity contribution in [2.45, 2.75) is 64.2 Å². The van der Waals surface area contributed by atoms with Crippen molar-refractivity contribution in [3.05, 3.63) is 0 Å². The van der Waals surface area contributed by atoms with Crippen LogP contribution in [0.1, 0.15) is 64.2 Å². The Hall–Kier alpha value is 0.137. The van der Waals surface area contributed by atoms with E-state index in [1.807, 2.05) is 0 Å². The van der Waals surface area contributed by atoms with Crippen molar-refractivity contribution < 1.29 is 8.85 Å². The van der Waals surface area contributed by atoms with E-state index >= 15 is 0 Å². The van der Waals surface area contributed by atoms with Crippen molar-refractivity contribution in [2.24, 2.45) is 11.8 Å². The van der Waals surface area contributed by atoms with Gasteiger partial charge in [0.05, 0.1) is 0 Å². The van der Waals surface area contributed by atoms with Crippen LogP contribution in [0.25, 0.3) is 0 Å². The molecule has 17 heavy (non-hydrogen) atoms. The smallest absolute Gasteiger partial charge is 0.303 e. The first-order chi connectivity index (χ1) is 8.38. The predicted molar refractivity (Wildman–Crippen MR) is 75.7 cm³/mol. The van der Waals surface area contributed by atoms with Crippen LogP contribution >= 0.6 is 0 Å². The molecule has 2 saturated carbocycles. The molecule has 2 fully saturated rings. The van der Waals surface area contributed by atoms with Crippen LogP contribution in [0.4, 0.5) is 0 Å². The Morgan fingerprint density at radius 2 is 1.00 bits per heavy atom. The molecule has 2 nitrogen and oxygen atoms in total. The molecule has 0 heterocycles. The Kier molecular flexibility index (Phi) is 9.02. The second-order valence-corrected chi connectivity index (χ2v) is 6.88. The maximum Gasteiger partial charge on any atom is 0.303 e. The first-order valence-corrected chi connectivity index (χ1v) is 8.51. The molecule has 0 aliphatic heterocycles. The average Bonchev–Trinajstić information content (AvgIpc) is 2.42. The van der Waals surface area contributed by atoms with Crippen LogP contribution in [0, 0.1) is 11.8 Å². The van der Waals surface area contributed by atoms with Crippen molar-refractivity contribution in [3.63, 3.8) is 0 Å². The molecule has 2 rings (SSSR count). The number of hydrogen-bond acceptors (Lipinski definition) is 2. The standard InChI is InChI=1S/C12H22.C2H8O2Si/c1-3-7-11(8-4-1)12-9-5-2-6-10-12;1-3-5-4-2/h11-12H,1-10H2;5H2,1-2H3. The van der Waals surface area contributed by atoms with Gasteiger partial charge in [-0.15, -0.1) is 0 Å². The fourth-order valence-corrected chi connectivity index (χ4v) is 3.56.